The molecule has 4 heterocycles. The molecule has 0 aliphatic carbocycles. The van der Waals surface area contributed by atoms with Crippen molar-refractivity contribution < 1.29 is 98.3 Å². The molecule has 8 rings (SSSR count). The predicted octanol–water partition coefficient (Wildman–Crippen LogP) is -1.15. The Morgan fingerprint density at radius 3 is 1.85 bits per heavy atom. The average Bonchev–Trinajstić information content (AvgIpc) is 1.53. The predicted molar refractivity (Wildman–Crippen MR) is 336 cm³/mol. The van der Waals surface area contributed by atoms with Crippen LogP contribution in [-0.2, 0) is 38.3 Å². The van der Waals surface area contributed by atoms with E-state index in [0.29, 0.717) is 31.6 Å². The Morgan fingerprint density at radius 2 is 1.27 bits per heavy atom. The Bertz CT molecular complexity index is 3290. The van der Waals surface area contributed by atoms with Crippen LogP contribution < -0.4 is 36.4 Å². The molecule has 0 bridgehead atoms. The van der Waals surface area contributed by atoms with E-state index in [1.807, 2.05) is 48.5 Å². The molecular formula is C67H88N8O19. The molecule has 4 aliphatic rings. The van der Waals surface area contributed by atoms with Crippen LogP contribution in [0.2, 0.25) is 0 Å². The normalized spacial score (nSPS) is 28.7. The zero-order valence-electron chi connectivity index (χ0n) is 53.3. The summed E-state index contributed by atoms with van der Waals surface area (Å²) in [4.78, 5) is 117. The fraction of sp³-hybridized carbons (Fsp3) is 0.522. The molecule has 4 aromatic carbocycles. The van der Waals surface area contributed by atoms with Crippen molar-refractivity contribution in [1.82, 2.24) is 36.4 Å². The second-order valence-electron chi connectivity index (χ2n) is 25.4. The second kappa shape index (κ2) is 31.9. The van der Waals surface area contributed by atoms with Gasteiger partial charge in [-0.25, -0.2) is 0 Å². The molecule has 4 fully saturated rings. The Kier molecular flexibility index (Phi) is 24.3. The molecule has 7 amide bonds. The van der Waals surface area contributed by atoms with Crippen molar-refractivity contribution in [3.63, 3.8) is 0 Å². The molecule has 4 aromatic rings. The number of aliphatic hydroxyl groups excluding tert-OH is 7. The van der Waals surface area contributed by atoms with Gasteiger partial charge in [0.15, 0.2) is 6.23 Å². The number of carbonyl (C=O) groups excluding carboxylic acids is 8. The van der Waals surface area contributed by atoms with Gasteiger partial charge in [0, 0.05) is 62.6 Å². The van der Waals surface area contributed by atoms with Crippen LogP contribution in [-0.4, -0.2) is 234 Å². The zero-order valence-corrected chi connectivity index (χ0v) is 53.3. The summed E-state index contributed by atoms with van der Waals surface area (Å²) in [5.41, 5.74) is 3.34. The molecule has 0 aromatic heterocycles. The highest BCUT2D eigenvalue weighted by molar-refractivity contribution is 6.00. The number of carboxylic acid groups (broad SMARTS) is 1. The zero-order chi connectivity index (χ0) is 68.3. The van der Waals surface area contributed by atoms with E-state index >= 15 is 0 Å². The number of quaternary nitrogens is 1. The summed E-state index contributed by atoms with van der Waals surface area (Å²) in [6.45, 7) is 5.87. The first-order chi connectivity index (χ1) is 44.7. The highest BCUT2D eigenvalue weighted by atomic mass is 16.5. The van der Waals surface area contributed by atoms with Crippen molar-refractivity contribution in [2.45, 2.75) is 170 Å². The summed E-state index contributed by atoms with van der Waals surface area (Å²) in [7, 11) is 1.80. The largest absolute Gasteiger partial charge is 0.550 e. The first-order valence-corrected chi connectivity index (χ1v) is 32.0. The van der Waals surface area contributed by atoms with Crippen molar-refractivity contribution >= 4 is 47.3 Å². The van der Waals surface area contributed by atoms with Crippen LogP contribution >= 0.6 is 0 Å². The number of benzene rings is 4. The number of nitrogens with one attached hydrogen (secondary N) is 5. The van der Waals surface area contributed by atoms with Crippen LogP contribution in [0.3, 0.4) is 0 Å². The fourth-order valence-electron chi connectivity index (χ4n) is 12.7. The molecule has 94 heavy (non-hydrogen) atoms. The number of ether oxygens (including phenoxy) is 2. The number of hydrogen-bond acceptors (Lipinski definition) is 19. The van der Waals surface area contributed by atoms with Crippen molar-refractivity contribution in [3.8, 4) is 33.8 Å². The van der Waals surface area contributed by atoms with Crippen LogP contribution in [0.25, 0.3) is 22.3 Å². The molecular weight excluding hydrogens is 1220 g/mol. The van der Waals surface area contributed by atoms with E-state index in [9.17, 15) is 84.3 Å². The Balaban J connectivity index is 1.15. The number of likely N-dealkylation sites (N-methyl/N-ethyl adjacent to an activating group) is 1. The third-order valence-electron chi connectivity index (χ3n) is 18.4. The van der Waals surface area contributed by atoms with Gasteiger partial charge in [0.25, 0.3) is 5.91 Å². The summed E-state index contributed by atoms with van der Waals surface area (Å²) in [5, 5.41) is 115. The number of phenols is 1. The minimum absolute atomic E-state index is 0.0117. The van der Waals surface area contributed by atoms with Crippen LogP contribution in [0.15, 0.2) is 97.1 Å². The van der Waals surface area contributed by atoms with Gasteiger partial charge in [0.05, 0.1) is 51.2 Å². The van der Waals surface area contributed by atoms with Gasteiger partial charge in [0.1, 0.15) is 78.7 Å². The molecule has 510 valence electrons. The van der Waals surface area contributed by atoms with E-state index < -0.39 is 164 Å². The van der Waals surface area contributed by atoms with E-state index in [4.69, 9.17) is 9.47 Å². The Labute approximate surface area is 544 Å². The van der Waals surface area contributed by atoms with Gasteiger partial charge in [-0.05, 0) is 84.5 Å². The maximum absolute atomic E-state index is 15.0. The van der Waals surface area contributed by atoms with E-state index in [1.54, 1.807) is 19.2 Å². The minimum atomic E-state index is -2.32. The Hall–Kier alpha value is -8.12. The summed E-state index contributed by atoms with van der Waals surface area (Å²) in [6, 6.07) is 14.3. The van der Waals surface area contributed by atoms with Gasteiger partial charge >= 0.3 is 0 Å². The van der Waals surface area contributed by atoms with Crippen molar-refractivity contribution in [3.05, 3.63) is 108 Å². The van der Waals surface area contributed by atoms with E-state index in [0.717, 1.165) is 77.5 Å². The number of carbonyl (C=O) groups is 8. The van der Waals surface area contributed by atoms with Crippen LogP contribution in [0.4, 0.5) is 0 Å². The number of aliphatic carboxylic acids is 1. The molecule has 4 aliphatic heterocycles. The molecule has 1 unspecified atom stereocenters. The van der Waals surface area contributed by atoms with Crippen molar-refractivity contribution in [2.75, 3.05) is 46.4 Å². The molecule has 27 nitrogen and oxygen atoms in total. The molecule has 27 heteroatoms. The number of aliphatic hydroxyl groups is 7. The van der Waals surface area contributed by atoms with Gasteiger partial charge in [-0.1, -0.05) is 87.4 Å². The smallest absolute Gasteiger partial charge is 0.251 e. The first kappa shape index (κ1) is 71.7. The van der Waals surface area contributed by atoms with Crippen LogP contribution in [0.5, 0.6) is 11.5 Å². The van der Waals surface area contributed by atoms with E-state index in [-0.39, 0.29) is 47.5 Å². The molecule has 0 spiro atoms. The lowest BCUT2D eigenvalue weighted by molar-refractivity contribution is -0.921. The lowest BCUT2D eigenvalue weighted by atomic mass is 9.96. The third-order valence-corrected chi connectivity index (χ3v) is 18.4. The molecule has 4 saturated heterocycles. The molecule has 13 N–H and O–H groups in total. The quantitative estimate of drug-likeness (QED) is 0.0367. The molecule has 0 radical (unpaired) electrons. The minimum Gasteiger partial charge on any atom is -0.550 e. The highest BCUT2D eigenvalue weighted by Crippen LogP contribution is 2.31. The standard InChI is InChI=1S/C67H88N8O19/c1-6-7-8-30-93-48-25-21-42(22-26-48)40-13-11-39(12-14-40)41-15-17-44(18-16-41)60(86)68-49-32-51(80)65(94-35-45-10-9-28-75(45,5)29-27-52(81)82)72-64(90)56-57(83)36(2)33-74(56)67(92)54(38(4)77)70-63(89)55(59(85)58(84)43-19-23-46(78)24-20-43)71-62(88)50-31-47(79)34-73(50)66(91)53(37(3)76)69-61(49)87/h11-26,36-38,45,47,49-51,53-59,65,76-77,79-80,83-85H,6-10,27-35H2,1-5H3,(H6-,68,69,70,71,72,78,81,82,86,87,88,89,90)/t36-,37+,38+,45+,47+,49-,50-,51+,53-,54-,55-,56-,57-,58-,59-,65+,75?/m0/s1. The van der Waals surface area contributed by atoms with Gasteiger partial charge in [-0.2, -0.15) is 0 Å². The number of phenolic OH excluding ortho intramolecular Hbond substituents is 1. The van der Waals surface area contributed by atoms with Gasteiger partial charge in [0.2, 0.25) is 35.4 Å². The summed E-state index contributed by atoms with van der Waals surface area (Å²) < 4.78 is 12.4. The van der Waals surface area contributed by atoms with Crippen molar-refractivity contribution in [2.24, 2.45) is 5.92 Å². The number of fused-ring (bicyclic) bond motifs is 2. The number of rotatable bonds is 20. The Morgan fingerprint density at radius 1 is 0.702 bits per heavy atom. The maximum Gasteiger partial charge on any atom is 0.251 e. The molecule has 0 saturated carbocycles. The number of carboxylic acids is 1. The number of nitrogens with zero attached hydrogens (tertiary/aromatic N) is 3. The average molecular weight is 1310 g/mol. The number of hydrogen-bond donors (Lipinski definition) is 13. The second-order valence-corrected chi connectivity index (χ2v) is 25.4. The van der Waals surface area contributed by atoms with Crippen LogP contribution in [0.1, 0.15) is 101 Å². The number of likely N-dealkylation sites (tertiary alicyclic amines) is 1. The third kappa shape index (κ3) is 17.4. The monoisotopic (exact) mass is 1310 g/mol. The van der Waals surface area contributed by atoms with E-state index in [2.05, 4.69) is 33.5 Å². The summed E-state index contributed by atoms with van der Waals surface area (Å²) in [5.74, 6) is -9.88. The topological polar surface area (TPSA) is 407 Å². The lowest BCUT2D eigenvalue weighted by Crippen LogP contribution is -2.64. The SMILES string of the molecule is CCCCCOc1ccc(-c2ccc(-c3ccc(C(=O)N[C@H]4C[C@@H](O)[C@@H](OC[C@H]5CCC[N+]5(C)CCC(=O)[O-])NC(=O)[C@@H]5[C@@H](O)[C@@H](C)CN5C(=O)[C@H]([C@@H](C)O)NC(=O)[C@H]([C@H](O)[C@@H](O)c5ccc(O)cc5)NC(=O)[C@@H]5C[C@@H](O)CN5C(=O)[C@H]([C@@H](C)O)NC4=O)cc3)cc2)cc1. The first-order valence-electron chi connectivity index (χ1n) is 32.0. The number of aromatic hydroxyl groups is 1. The maximum atomic E-state index is 15.0. The van der Waals surface area contributed by atoms with Gasteiger partial charge in [-0.3, -0.25) is 33.6 Å². The number of amides is 7. The van der Waals surface area contributed by atoms with Gasteiger partial charge < -0.3 is 101 Å². The highest BCUT2D eigenvalue weighted by Gasteiger charge is 2.51. The lowest BCUT2D eigenvalue weighted by Gasteiger charge is -2.38. The molecule has 17 atom stereocenters. The fourth-order valence-corrected chi connectivity index (χ4v) is 12.7. The summed E-state index contributed by atoms with van der Waals surface area (Å²) >= 11 is 0. The van der Waals surface area contributed by atoms with Crippen molar-refractivity contribution in [1.29, 1.82) is 0 Å². The summed E-state index contributed by atoms with van der Waals surface area (Å²) in [6.07, 6.45) is -12.4. The van der Waals surface area contributed by atoms with Gasteiger partial charge in [-0.15, -0.1) is 0 Å². The van der Waals surface area contributed by atoms with Crippen LogP contribution in [0, 0.1) is 5.92 Å². The number of unbranched alkanes of at least 4 members (excludes halogenated alkanes) is 2. The van der Waals surface area contributed by atoms with E-state index in [1.165, 1.54) is 31.2 Å².